The lowest BCUT2D eigenvalue weighted by molar-refractivity contribution is 0.0931. The van der Waals surface area contributed by atoms with Gasteiger partial charge in [0.15, 0.2) is 0 Å². The lowest BCUT2D eigenvalue weighted by Gasteiger charge is -2.32. The number of nitrogen functional groups attached to an aromatic ring is 1. The number of nitrogens with two attached hydrogens (primary N) is 1. The molecule has 6 rings (SSSR count). The van der Waals surface area contributed by atoms with Crippen LogP contribution in [0.4, 0.5) is 17.1 Å². The van der Waals surface area contributed by atoms with Crippen molar-refractivity contribution < 1.29 is 9.59 Å². The number of anilines is 3. The maximum Gasteiger partial charge on any atom is 0.270 e. The van der Waals surface area contributed by atoms with Crippen LogP contribution in [-0.4, -0.2) is 28.3 Å². The number of carbonyl (C=O) groups excluding carboxylic acids is 2. The van der Waals surface area contributed by atoms with Gasteiger partial charge < -0.3 is 21.3 Å². The van der Waals surface area contributed by atoms with Gasteiger partial charge in [0.2, 0.25) is 0 Å². The zero-order valence-electron chi connectivity index (χ0n) is 22.0. The molecule has 0 unspecified atom stereocenters. The molecule has 0 fully saturated rings. The van der Waals surface area contributed by atoms with Crippen LogP contribution < -0.4 is 32.1 Å². The average Bonchev–Trinajstić information content (AvgIpc) is 3.37. The summed E-state index contributed by atoms with van der Waals surface area (Å²) < 4.78 is 0. The van der Waals surface area contributed by atoms with E-state index in [2.05, 4.69) is 39.7 Å². The van der Waals surface area contributed by atoms with Crippen LogP contribution >= 0.6 is 0 Å². The number of hydrogen-bond donors (Lipinski definition) is 3. The summed E-state index contributed by atoms with van der Waals surface area (Å²) in [6.45, 7) is 2.83. The van der Waals surface area contributed by atoms with Gasteiger partial charge in [-0.05, 0) is 60.9 Å². The lowest BCUT2D eigenvalue weighted by atomic mass is 9.97. The molecule has 1 aromatic heterocycles. The van der Waals surface area contributed by atoms with Gasteiger partial charge in [0.25, 0.3) is 22.7 Å². The van der Waals surface area contributed by atoms with Crippen LogP contribution in [0.3, 0.4) is 0 Å². The Balaban J connectivity index is 1.13. The van der Waals surface area contributed by atoms with E-state index in [9.17, 15) is 19.2 Å². The van der Waals surface area contributed by atoms with E-state index in [4.69, 9.17) is 5.73 Å². The fourth-order valence-electron chi connectivity index (χ4n) is 5.63. The highest BCUT2D eigenvalue weighted by atomic mass is 16.2. The molecule has 3 aromatic carbocycles. The number of aromatic nitrogens is 2. The highest BCUT2D eigenvalue weighted by molar-refractivity contribution is 5.97. The van der Waals surface area contributed by atoms with Crippen LogP contribution in [0.1, 0.15) is 67.7 Å². The number of benzene rings is 2. The largest absolute Gasteiger partial charge is 0.394 e. The first-order chi connectivity index (χ1) is 19.3. The van der Waals surface area contributed by atoms with Crippen molar-refractivity contribution in [1.29, 1.82) is 0 Å². The van der Waals surface area contributed by atoms with Crippen LogP contribution in [0.5, 0.6) is 0 Å². The van der Waals surface area contributed by atoms with Crippen LogP contribution in [0, 0.1) is 6.92 Å². The van der Waals surface area contributed by atoms with Crippen LogP contribution in [0.15, 0.2) is 58.4 Å². The molecule has 2 amide bonds. The topological polar surface area (TPSA) is 147 Å². The molecule has 10 heteroatoms. The van der Waals surface area contributed by atoms with Crippen molar-refractivity contribution in [3.8, 4) is 0 Å². The zero-order chi connectivity index (χ0) is 28.0. The number of carbonyl (C=O) groups is 2. The standard InChI is InChI=1S/C30H28N6O4/c1-16-4-8-20-19(11-16)7-9-21(20)35-30(40)23-13-22(33-15-34-23)29(39)32-14-17-5-6-18-3-2-10-36(24(18)12-17)26-25(31)27(37)28(26)38/h4-6,8,11-13,15,21H,2-3,7,9-10,14,31H2,1H3,(H,32,39)(H,35,40)/t21-/m0/s1. The lowest BCUT2D eigenvalue weighted by Crippen LogP contribution is -2.42. The summed E-state index contributed by atoms with van der Waals surface area (Å²) >= 11 is 0. The van der Waals surface area contributed by atoms with E-state index in [1.54, 1.807) is 4.90 Å². The Morgan fingerprint density at radius 2 is 1.77 bits per heavy atom. The van der Waals surface area contributed by atoms with E-state index in [0.717, 1.165) is 48.1 Å². The summed E-state index contributed by atoms with van der Waals surface area (Å²) in [5, 5.41) is 5.87. The summed E-state index contributed by atoms with van der Waals surface area (Å²) in [5.74, 6) is -0.804. The van der Waals surface area contributed by atoms with Crippen LogP contribution in [0.2, 0.25) is 0 Å². The minimum Gasteiger partial charge on any atom is -0.394 e. The number of amides is 2. The van der Waals surface area contributed by atoms with Gasteiger partial charge >= 0.3 is 0 Å². The van der Waals surface area contributed by atoms with Gasteiger partial charge in [0, 0.05) is 24.8 Å². The molecule has 4 N–H and O–H groups in total. The van der Waals surface area contributed by atoms with Crippen molar-refractivity contribution in [2.24, 2.45) is 0 Å². The van der Waals surface area contributed by atoms with E-state index in [0.29, 0.717) is 6.54 Å². The Morgan fingerprint density at radius 3 is 2.58 bits per heavy atom. The van der Waals surface area contributed by atoms with Crippen molar-refractivity contribution in [2.45, 2.75) is 45.2 Å². The SMILES string of the molecule is Cc1ccc2c(c1)CC[C@@H]2NC(=O)c1cc(C(=O)NCc2ccc3c(c2)N(c2c(N)c(=O)c2=O)CCC3)ncn1. The van der Waals surface area contributed by atoms with Gasteiger partial charge in [-0.3, -0.25) is 19.2 Å². The van der Waals surface area contributed by atoms with Gasteiger partial charge in [-0.25, -0.2) is 9.97 Å². The number of nitrogens with zero attached hydrogens (tertiary/aromatic N) is 3. The van der Waals surface area contributed by atoms with Crippen molar-refractivity contribution >= 4 is 28.9 Å². The highest BCUT2D eigenvalue weighted by Gasteiger charge is 2.29. The second kappa shape index (κ2) is 10.0. The number of rotatable bonds is 6. The molecule has 0 saturated carbocycles. The minimum atomic E-state index is -0.647. The summed E-state index contributed by atoms with van der Waals surface area (Å²) in [5.41, 5.74) is 11.2. The molecule has 1 aliphatic carbocycles. The second-order valence-corrected chi connectivity index (χ2v) is 10.4. The molecule has 40 heavy (non-hydrogen) atoms. The average molecular weight is 537 g/mol. The predicted octanol–water partition coefficient (Wildman–Crippen LogP) is 2.39. The number of aryl methyl sites for hydroxylation is 3. The first kappa shape index (κ1) is 25.4. The van der Waals surface area contributed by atoms with Gasteiger partial charge in [-0.1, -0.05) is 35.9 Å². The molecule has 0 spiro atoms. The molecular weight excluding hydrogens is 508 g/mol. The first-order valence-electron chi connectivity index (χ1n) is 13.3. The number of hydrogen-bond acceptors (Lipinski definition) is 8. The molecular formula is C30H28N6O4. The molecule has 4 aromatic rings. The summed E-state index contributed by atoms with van der Waals surface area (Å²) in [6.07, 6.45) is 4.60. The zero-order valence-corrected chi connectivity index (χ0v) is 22.0. The van der Waals surface area contributed by atoms with Gasteiger partial charge in [-0.2, -0.15) is 0 Å². The Bertz CT molecular complexity index is 1740. The van der Waals surface area contributed by atoms with Crippen molar-refractivity contribution in [1.82, 2.24) is 20.6 Å². The van der Waals surface area contributed by atoms with E-state index in [1.165, 1.54) is 23.5 Å². The number of nitrogens with one attached hydrogen (secondary N) is 2. The van der Waals surface area contributed by atoms with E-state index in [1.807, 2.05) is 24.3 Å². The van der Waals surface area contributed by atoms with Crippen LogP contribution in [0.25, 0.3) is 0 Å². The highest BCUT2D eigenvalue weighted by Crippen LogP contribution is 2.35. The van der Waals surface area contributed by atoms with Crippen LogP contribution in [-0.2, 0) is 19.4 Å². The van der Waals surface area contributed by atoms with E-state index < -0.39 is 16.8 Å². The van der Waals surface area contributed by atoms with Gasteiger partial charge in [0.05, 0.1) is 6.04 Å². The molecule has 0 saturated heterocycles. The molecule has 202 valence electrons. The second-order valence-electron chi connectivity index (χ2n) is 10.4. The van der Waals surface area contributed by atoms with E-state index in [-0.39, 0.29) is 41.3 Å². The monoisotopic (exact) mass is 536 g/mol. The Labute approximate surface area is 230 Å². The normalized spacial score (nSPS) is 15.9. The maximum absolute atomic E-state index is 13.0. The third-order valence-corrected chi connectivity index (χ3v) is 7.73. The fourth-order valence-corrected chi connectivity index (χ4v) is 5.63. The molecule has 1 aliphatic heterocycles. The third-order valence-electron chi connectivity index (χ3n) is 7.73. The fraction of sp³-hybridized carbons (Fsp3) is 0.267. The summed E-state index contributed by atoms with van der Waals surface area (Å²) in [4.78, 5) is 59.6. The maximum atomic E-state index is 13.0. The van der Waals surface area contributed by atoms with Crippen molar-refractivity contribution in [3.05, 3.63) is 108 Å². The predicted molar refractivity (Wildman–Crippen MR) is 150 cm³/mol. The van der Waals surface area contributed by atoms with Gasteiger partial charge in [0.1, 0.15) is 29.1 Å². The molecule has 0 radical (unpaired) electrons. The first-order valence-corrected chi connectivity index (χ1v) is 13.3. The van der Waals surface area contributed by atoms with Gasteiger partial charge in [-0.15, -0.1) is 0 Å². The molecule has 2 heterocycles. The van der Waals surface area contributed by atoms with E-state index >= 15 is 0 Å². The molecule has 1 atom stereocenters. The molecule has 0 bridgehead atoms. The molecule has 10 nitrogen and oxygen atoms in total. The summed E-state index contributed by atoms with van der Waals surface area (Å²) in [6, 6.07) is 13.3. The molecule has 2 aliphatic rings. The van der Waals surface area contributed by atoms with Crippen molar-refractivity contribution in [3.63, 3.8) is 0 Å². The Kier molecular flexibility index (Phi) is 6.37. The Morgan fingerprint density at radius 1 is 0.975 bits per heavy atom. The number of fused-ring (bicyclic) bond motifs is 2. The van der Waals surface area contributed by atoms with Crippen molar-refractivity contribution in [2.75, 3.05) is 17.2 Å². The summed E-state index contributed by atoms with van der Waals surface area (Å²) in [7, 11) is 0. The Hall–Kier alpha value is -4.86. The third kappa shape index (κ3) is 4.51. The quantitative estimate of drug-likeness (QED) is 0.318. The minimum absolute atomic E-state index is 0.00704. The smallest absolute Gasteiger partial charge is 0.270 e.